The minimum Gasteiger partial charge on any atom is -0.325 e. The quantitative estimate of drug-likeness (QED) is 0.664. The first-order valence-corrected chi connectivity index (χ1v) is 9.75. The second kappa shape index (κ2) is 7.85. The molecule has 1 atom stereocenters. The van der Waals surface area contributed by atoms with Crippen molar-refractivity contribution in [3.8, 4) is 0 Å². The number of hydrogen-bond donors (Lipinski definition) is 2. The number of aromatic nitrogens is 2. The Morgan fingerprint density at radius 2 is 1.79 bits per heavy atom. The molecule has 1 unspecified atom stereocenters. The molecule has 2 aromatic carbocycles. The van der Waals surface area contributed by atoms with Gasteiger partial charge in [0, 0.05) is 27.7 Å². The van der Waals surface area contributed by atoms with E-state index in [0.717, 1.165) is 0 Å². The Morgan fingerprint density at radius 3 is 2.52 bits per heavy atom. The first-order chi connectivity index (χ1) is 13.9. The number of fused-ring (bicyclic) bond motifs is 1. The third-order valence-electron chi connectivity index (χ3n) is 4.85. The number of benzene rings is 2. The predicted molar refractivity (Wildman–Crippen MR) is 112 cm³/mol. The number of carbonyl (C=O) groups is 2. The van der Waals surface area contributed by atoms with E-state index in [9.17, 15) is 14.4 Å². The lowest BCUT2D eigenvalue weighted by Gasteiger charge is -2.24. The van der Waals surface area contributed by atoms with Crippen molar-refractivity contribution in [2.45, 2.75) is 18.9 Å². The molecule has 29 heavy (non-hydrogen) atoms. The lowest BCUT2D eigenvalue weighted by atomic mass is 10.1. The number of rotatable bonds is 3. The molecule has 3 aromatic rings. The lowest BCUT2D eigenvalue weighted by molar-refractivity contribution is -0.119. The standard InChI is InChI=1S/C20H16Cl2N4O3/c21-11-8-12(22)10-13(9-11)23-19(28)16-6-3-7-26(16)20(29)17-14-4-1-2-5-15(14)18(27)25-24-17/h1-2,4-5,8-10,16H,3,6-7H2,(H,23,28)(H,25,27). The number of amides is 2. The van der Waals surface area contributed by atoms with E-state index < -0.39 is 11.9 Å². The Kier molecular flexibility index (Phi) is 5.25. The van der Waals surface area contributed by atoms with Crippen LogP contribution in [0.5, 0.6) is 0 Å². The number of carbonyl (C=O) groups excluding carboxylic acids is 2. The van der Waals surface area contributed by atoms with Crippen molar-refractivity contribution in [3.63, 3.8) is 0 Å². The summed E-state index contributed by atoms with van der Waals surface area (Å²) < 4.78 is 0. The molecule has 2 heterocycles. The summed E-state index contributed by atoms with van der Waals surface area (Å²) >= 11 is 12.0. The fraction of sp³-hybridized carbons (Fsp3) is 0.200. The summed E-state index contributed by atoms with van der Waals surface area (Å²) in [6.45, 7) is 0.419. The number of hydrogen-bond acceptors (Lipinski definition) is 4. The Labute approximate surface area is 175 Å². The molecule has 1 saturated heterocycles. The maximum atomic E-state index is 13.2. The number of aromatic amines is 1. The molecule has 1 aromatic heterocycles. The van der Waals surface area contributed by atoms with E-state index in [1.165, 1.54) is 4.90 Å². The van der Waals surface area contributed by atoms with Gasteiger partial charge >= 0.3 is 0 Å². The minimum absolute atomic E-state index is 0.116. The number of likely N-dealkylation sites (tertiary alicyclic amines) is 1. The van der Waals surface area contributed by atoms with Gasteiger partial charge in [-0.05, 0) is 37.1 Å². The highest BCUT2D eigenvalue weighted by molar-refractivity contribution is 6.35. The van der Waals surface area contributed by atoms with Gasteiger partial charge in [-0.25, -0.2) is 5.10 Å². The summed E-state index contributed by atoms with van der Waals surface area (Å²) in [7, 11) is 0. The van der Waals surface area contributed by atoms with Gasteiger partial charge in [-0.15, -0.1) is 0 Å². The average Bonchev–Trinajstić information content (AvgIpc) is 3.17. The summed E-state index contributed by atoms with van der Waals surface area (Å²) in [4.78, 5) is 39.5. The monoisotopic (exact) mass is 430 g/mol. The zero-order chi connectivity index (χ0) is 20.5. The molecule has 148 valence electrons. The van der Waals surface area contributed by atoms with Gasteiger partial charge in [0.1, 0.15) is 6.04 Å². The van der Waals surface area contributed by atoms with Crippen molar-refractivity contribution in [1.82, 2.24) is 15.1 Å². The van der Waals surface area contributed by atoms with Crippen molar-refractivity contribution in [1.29, 1.82) is 0 Å². The Bertz CT molecular complexity index is 1160. The first kappa shape index (κ1) is 19.4. The highest BCUT2D eigenvalue weighted by Crippen LogP contribution is 2.26. The topological polar surface area (TPSA) is 95.2 Å². The number of nitrogens with one attached hydrogen (secondary N) is 2. The average molecular weight is 431 g/mol. The molecule has 9 heteroatoms. The van der Waals surface area contributed by atoms with E-state index >= 15 is 0 Å². The first-order valence-electron chi connectivity index (χ1n) is 8.99. The molecule has 0 aliphatic carbocycles. The Balaban J connectivity index is 1.61. The van der Waals surface area contributed by atoms with Gasteiger partial charge in [-0.2, -0.15) is 5.10 Å². The zero-order valence-corrected chi connectivity index (χ0v) is 16.6. The second-order valence-electron chi connectivity index (χ2n) is 6.75. The van der Waals surface area contributed by atoms with Crippen molar-refractivity contribution < 1.29 is 9.59 Å². The summed E-state index contributed by atoms with van der Waals surface area (Å²) in [5.74, 6) is -0.734. The number of H-pyrrole nitrogens is 1. The van der Waals surface area contributed by atoms with Gasteiger partial charge in [0.2, 0.25) is 5.91 Å². The van der Waals surface area contributed by atoms with Crippen molar-refractivity contribution >= 4 is 51.5 Å². The van der Waals surface area contributed by atoms with Gasteiger partial charge in [-0.3, -0.25) is 14.4 Å². The van der Waals surface area contributed by atoms with E-state index in [1.54, 1.807) is 42.5 Å². The normalized spacial score (nSPS) is 16.2. The van der Waals surface area contributed by atoms with Crippen LogP contribution in [0, 0.1) is 0 Å². The smallest absolute Gasteiger partial charge is 0.275 e. The molecule has 1 fully saturated rings. The molecular formula is C20H16Cl2N4O3. The zero-order valence-electron chi connectivity index (χ0n) is 15.1. The van der Waals surface area contributed by atoms with Gasteiger partial charge < -0.3 is 10.2 Å². The fourth-order valence-electron chi connectivity index (χ4n) is 3.55. The van der Waals surface area contributed by atoms with E-state index in [0.29, 0.717) is 45.9 Å². The highest BCUT2D eigenvalue weighted by atomic mass is 35.5. The van der Waals surface area contributed by atoms with Gasteiger partial charge in [-0.1, -0.05) is 41.4 Å². The van der Waals surface area contributed by atoms with Crippen LogP contribution in [0.1, 0.15) is 23.3 Å². The summed E-state index contributed by atoms with van der Waals surface area (Å²) in [5, 5.41) is 10.7. The van der Waals surface area contributed by atoms with Crippen molar-refractivity contribution in [2.75, 3.05) is 11.9 Å². The third-order valence-corrected chi connectivity index (χ3v) is 5.28. The van der Waals surface area contributed by atoms with E-state index in [4.69, 9.17) is 23.2 Å². The molecule has 0 saturated carbocycles. The van der Waals surface area contributed by atoms with Crippen LogP contribution < -0.4 is 10.9 Å². The van der Waals surface area contributed by atoms with Crippen LogP contribution in [0.3, 0.4) is 0 Å². The molecule has 0 radical (unpaired) electrons. The Morgan fingerprint density at radius 1 is 1.10 bits per heavy atom. The lowest BCUT2D eigenvalue weighted by Crippen LogP contribution is -2.43. The third kappa shape index (κ3) is 3.83. The fourth-order valence-corrected chi connectivity index (χ4v) is 4.07. The molecule has 2 N–H and O–H groups in total. The maximum absolute atomic E-state index is 13.2. The van der Waals surface area contributed by atoms with Crippen molar-refractivity contribution in [2.24, 2.45) is 0 Å². The maximum Gasteiger partial charge on any atom is 0.275 e. The van der Waals surface area contributed by atoms with Gasteiger partial charge in [0.25, 0.3) is 11.5 Å². The Hall–Kier alpha value is -2.90. The predicted octanol–water partition coefficient (Wildman–Crippen LogP) is 3.47. The van der Waals surface area contributed by atoms with Gasteiger partial charge in [0.05, 0.1) is 5.39 Å². The van der Waals surface area contributed by atoms with Crippen LogP contribution in [-0.4, -0.2) is 39.5 Å². The minimum atomic E-state index is -0.659. The number of anilines is 1. The van der Waals surface area contributed by atoms with Gasteiger partial charge in [0.15, 0.2) is 5.69 Å². The molecule has 0 bridgehead atoms. The van der Waals surface area contributed by atoms with E-state index in [1.807, 2.05) is 0 Å². The van der Waals surface area contributed by atoms with Crippen LogP contribution in [-0.2, 0) is 4.79 Å². The van der Waals surface area contributed by atoms with Crippen LogP contribution in [0.2, 0.25) is 10.0 Å². The summed E-state index contributed by atoms with van der Waals surface area (Å²) in [6.07, 6.45) is 1.20. The molecule has 7 nitrogen and oxygen atoms in total. The molecular weight excluding hydrogens is 415 g/mol. The van der Waals surface area contributed by atoms with Crippen LogP contribution in [0.15, 0.2) is 47.3 Å². The molecule has 2 amide bonds. The molecule has 1 aliphatic rings. The summed E-state index contributed by atoms with van der Waals surface area (Å²) in [6, 6.07) is 10.8. The summed E-state index contributed by atoms with van der Waals surface area (Å²) in [5.41, 5.74) is 0.204. The van der Waals surface area contributed by atoms with Crippen molar-refractivity contribution in [3.05, 3.63) is 68.6 Å². The van der Waals surface area contributed by atoms with E-state index in [-0.39, 0.29) is 17.2 Å². The van der Waals surface area contributed by atoms with E-state index in [2.05, 4.69) is 15.5 Å². The highest BCUT2D eigenvalue weighted by Gasteiger charge is 2.36. The molecule has 4 rings (SSSR count). The largest absolute Gasteiger partial charge is 0.325 e. The second-order valence-corrected chi connectivity index (χ2v) is 7.62. The SMILES string of the molecule is O=C(Nc1cc(Cl)cc(Cl)c1)C1CCCN1C(=O)c1n[nH]c(=O)c2ccccc12. The molecule has 1 aliphatic heterocycles. The molecule has 0 spiro atoms. The van der Waals surface area contributed by atoms with Crippen LogP contribution in [0.4, 0.5) is 5.69 Å². The number of halogens is 2. The number of nitrogens with zero attached hydrogens (tertiary/aromatic N) is 2. The van der Waals surface area contributed by atoms with Crippen LogP contribution in [0.25, 0.3) is 10.8 Å². The van der Waals surface area contributed by atoms with Crippen LogP contribution >= 0.6 is 23.2 Å².